The van der Waals surface area contributed by atoms with Crippen molar-refractivity contribution >= 4 is 5.96 Å². The summed E-state index contributed by atoms with van der Waals surface area (Å²) >= 11 is 0. The summed E-state index contributed by atoms with van der Waals surface area (Å²) in [6.45, 7) is 8.37. The molecule has 0 saturated carbocycles. The van der Waals surface area contributed by atoms with Gasteiger partial charge >= 0.3 is 0 Å². The van der Waals surface area contributed by atoms with Crippen molar-refractivity contribution in [3.05, 3.63) is 35.9 Å². The van der Waals surface area contributed by atoms with E-state index in [4.69, 9.17) is 10.5 Å². The highest BCUT2D eigenvalue weighted by Crippen LogP contribution is 2.24. The lowest BCUT2D eigenvalue weighted by Gasteiger charge is -2.40. The fourth-order valence-corrected chi connectivity index (χ4v) is 3.58. The van der Waals surface area contributed by atoms with Gasteiger partial charge in [0.1, 0.15) is 0 Å². The van der Waals surface area contributed by atoms with Crippen molar-refractivity contribution < 1.29 is 4.74 Å². The summed E-state index contributed by atoms with van der Waals surface area (Å²) in [4.78, 5) is 11.7. The maximum absolute atomic E-state index is 6.10. The molecule has 2 aliphatic heterocycles. The molecule has 1 aromatic carbocycles. The van der Waals surface area contributed by atoms with Crippen LogP contribution in [0.5, 0.6) is 0 Å². The summed E-state index contributed by atoms with van der Waals surface area (Å²) in [7, 11) is 2.21. The van der Waals surface area contributed by atoms with E-state index in [1.54, 1.807) is 0 Å². The van der Waals surface area contributed by atoms with Crippen molar-refractivity contribution in [3.8, 4) is 0 Å². The molecule has 2 aliphatic rings. The molecule has 0 unspecified atom stereocenters. The lowest BCUT2D eigenvalue weighted by atomic mass is 10.0. The first-order valence-corrected chi connectivity index (χ1v) is 9.34. The molecule has 2 saturated heterocycles. The summed E-state index contributed by atoms with van der Waals surface area (Å²) in [5.41, 5.74) is 7.51. The summed E-state index contributed by atoms with van der Waals surface area (Å²) in [6.07, 6.45) is 1.04. The Hall–Kier alpha value is -1.63. The number of nitrogens with zero attached hydrogens (tertiary/aromatic N) is 4. The van der Waals surface area contributed by atoms with Gasteiger partial charge in [0.05, 0.1) is 13.2 Å². The average molecular weight is 345 g/mol. The Morgan fingerprint density at radius 3 is 2.68 bits per heavy atom. The van der Waals surface area contributed by atoms with Gasteiger partial charge in [-0.2, -0.15) is 0 Å². The molecule has 0 amide bonds. The minimum absolute atomic E-state index is 0.473. The first-order chi connectivity index (χ1) is 12.2. The monoisotopic (exact) mass is 345 g/mol. The molecule has 2 heterocycles. The fraction of sp³-hybridized carbons (Fsp3) is 0.632. The number of likely N-dealkylation sites (N-methyl/N-ethyl adjacent to an activating group) is 1. The molecule has 6 nitrogen and oxygen atoms in total. The van der Waals surface area contributed by atoms with Crippen LogP contribution in [-0.4, -0.2) is 86.7 Å². The third-order valence-corrected chi connectivity index (χ3v) is 5.09. The largest absolute Gasteiger partial charge is 0.378 e. The van der Waals surface area contributed by atoms with E-state index in [1.165, 1.54) is 5.56 Å². The number of nitrogens with two attached hydrogens (primary N) is 1. The van der Waals surface area contributed by atoms with Crippen molar-refractivity contribution in [2.45, 2.75) is 12.5 Å². The molecular weight excluding hydrogens is 314 g/mol. The van der Waals surface area contributed by atoms with E-state index in [2.05, 4.69) is 57.1 Å². The third kappa shape index (κ3) is 5.17. The number of benzene rings is 1. The van der Waals surface area contributed by atoms with Crippen LogP contribution in [0.15, 0.2) is 35.3 Å². The highest BCUT2D eigenvalue weighted by molar-refractivity contribution is 5.78. The number of guanidine groups is 1. The van der Waals surface area contributed by atoms with Crippen LogP contribution in [0.2, 0.25) is 0 Å². The van der Waals surface area contributed by atoms with Gasteiger partial charge in [-0.1, -0.05) is 30.3 Å². The number of rotatable bonds is 5. The van der Waals surface area contributed by atoms with Gasteiger partial charge < -0.3 is 20.3 Å². The number of hydrogen-bond acceptors (Lipinski definition) is 4. The van der Waals surface area contributed by atoms with Crippen LogP contribution >= 0.6 is 0 Å². The molecule has 0 bridgehead atoms. The van der Waals surface area contributed by atoms with Crippen LogP contribution < -0.4 is 5.73 Å². The topological polar surface area (TPSA) is 57.3 Å². The van der Waals surface area contributed by atoms with Crippen LogP contribution in [0.3, 0.4) is 0 Å². The Balaban J connectivity index is 1.50. The molecule has 138 valence electrons. The maximum atomic E-state index is 6.10. The zero-order chi connectivity index (χ0) is 17.5. The molecule has 1 aromatic rings. The predicted molar refractivity (Wildman–Crippen MR) is 102 cm³/mol. The first kappa shape index (κ1) is 18.2. The van der Waals surface area contributed by atoms with Gasteiger partial charge in [-0.15, -0.1) is 0 Å². The van der Waals surface area contributed by atoms with Gasteiger partial charge in [-0.05, 0) is 19.0 Å². The van der Waals surface area contributed by atoms with Crippen LogP contribution in [0.4, 0.5) is 0 Å². The normalized spacial score (nSPS) is 23.8. The lowest BCUT2D eigenvalue weighted by Crippen LogP contribution is -2.47. The summed E-state index contributed by atoms with van der Waals surface area (Å²) in [5, 5.41) is 0. The summed E-state index contributed by atoms with van der Waals surface area (Å²) in [5.74, 6) is 0.668. The molecule has 1 atom stereocenters. The summed E-state index contributed by atoms with van der Waals surface area (Å²) < 4.78 is 5.35. The molecule has 3 rings (SSSR count). The number of ether oxygens (including phenoxy) is 1. The highest BCUT2D eigenvalue weighted by atomic mass is 16.5. The lowest BCUT2D eigenvalue weighted by molar-refractivity contribution is 0.0673. The fourth-order valence-electron chi connectivity index (χ4n) is 3.58. The number of aliphatic imine (C=N–C) groups is 1. The van der Waals surface area contributed by atoms with Gasteiger partial charge in [0, 0.05) is 51.9 Å². The summed E-state index contributed by atoms with van der Waals surface area (Å²) in [6, 6.07) is 11.3. The highest BCUT2D eigenvalue weighted by Gasteiger charge is 2.25. The van der Waals surface area contributed by atoms with Crippen molar-refractivity contribution in [2.24, 2.45) is 10.7 Å². The van der Waals surface area contributed by atoms with Gasteiger partial charge in [0.2, 0.25) is 0 Å². The second-order valence-corrected chi connectivity index (χ2v) is 6.92. The van der Waals surface area contributed by atoms with Gasteiger partial charge in [0.15, 0.2) is 5.96 Å². The van der Waals surface area contributed by atoms with Crippen molar-refractivity contribution in [1.29, 1.82) is 0 Å². The maximum Gasteiger partial charge on any atom is 0.191 e. The molecular formula is C19H31N5O. The van der Waals surface area contributed by atoms with Crippen molar-refractivity contribution in [1.82, 2.24) is 14.7 Å². The molecule has 2 fully saturated rings. The van der Waals surface area contributed by atoms with Crippen LogP contribution in [-0.2, 0) is 4.74 Å². The van der Waals surface area contributed by atoms with Gasteiger partial charge in [0.25, 0.3) is 0 Å². The number of piperazine rings is 1. The molecule has 0 aliphatic carbocycles. The van der Waals surface area contributed by atoms with Gasteiger partial charge in [-0.3, -0.25) is 9.89 Å². The zero-order valence-corrected chi connectivity index (χ0v) is 15.3. The van der Waals surface area contributed by atoms with E-state index >= 15 is 0 Å². The Kier molecular flexibility index (Phi) is 6.67. The Bertz CT molecular complexity index is 544. The van der Waals surface area contributed by atoms with Crippen LogP contribution in [0, 0.1) is 0 Å². The average Bonchev–Trinajstić information content (AvgIpc) is 2.67. The molecule has 25 heavy (non-hydrogen) atoms. The van der Waals surface area contributed by atoms with Crippen molar-refractivity contribution in [2.75, 3.05) is 66.1 Å². The molecule has 0 aromatic heterocycles. The van der Waals surface area contributed by atoms with Crippen LogP contribution in [0.25, 0.3) is 0 Å². The van der Waals surface area contributed by atoms with Crippen LogP contribution in [0.1, 0.15) is 18.0 Å². The third-order valence-electron chi connectivity index (χ3n) is 5.09. The Labute approximate surface area is 151 Å². The second kappa shape index (κ2) is 9.17. The molecule has 0 radical (unpaired) electrons. The Morgan fingerprint density at radius 1 is 1.16 bits per heavy atom. The van der Waals surface area contributed by atoms with E-state index in [1.807, 2.05) is 0 Å². The smallest absolute Gasteiger partial charge is 0.191 e. The zero-order valence-electron chi connectivity index (χ0n) is 15.3. The predicted octanol–water partition coefficient (Wildman–Crippen LogP) is 1.01. The van der Waals surface area contributed by atoms with E-state index in [0.29, 0.717) is 12.0 Å². The van der Waals surface area contributed by atoms with Crippen molar-refractivity contribution in [3.63, 3.8) is 0 Å². The van der Waals surface area contributed by atoms with E-state index in [9.17, 15) is 0 Å². The molecule has 0 spiro atoms. The number of morpholine rings is 1. The standard InChI is InChI=1S/C19H31N5O/c1-22-10-11-23(18(16-22)17-6-3-2-4-7-17)9-5-8-21-19(20)24-12-14-25-15-13-24/h2-4,6-7,18H,5,8-16H2,1H3,(H2,20,21)/t18-/m0/s1. The molecule has 6 heteroatoms. The minimum Gasteiger partial charge on any atom is -0.378 e. The Morgan fingerprint density at radius 2 is 1.92 bits per heavy atom. The van der Waals surface area contributed by atoms with Gasteiger partial charge in [-0.25, -0.2) is 0 Å². The minimum atomic E-state index is 0.473. The quantitative estimate of drug-likeness (QED) is 0.490. The second-order valence-electron chi connectivity index (χ2n) is 6.92. The van der Waals surface area contributed by atoms with E-state index < -0.39 is 0 Å². The number of hydrogen-bond donors (Lipinski definition) is 1. The SMILES string of the molecule is CN1CCN(CCCN=C(N)N2CCOCC2)[C@H](c2ccccc2)C1. The first-order valence-electron chi connectivity index (χ1n) is 9.34. The van der Waals surface area contributed by atoms with E-state index in [-0.39, 0.29) is 0 Å². The molecule has 2 N–H and O–H groups in total. The van der Waals surface area contributed by atoms with E-state index in [0.717, 1.165) is 65.4 Å².